The van der Waals surface area contributed by atoms with Crippen molar-refractivity contribution in [2.24, 2.45) is 0 Å². The van der Waals surface area contributed by atoms with Crippen molar-refractivity contribution >= 4 is 5.91 Å². The lowest BCUT2D eigenvalue weighted by molar-refractivity contribution is 0.0943. The maximum atomic E-state index is 13.3. The van der Waals surface area contributed by atoms with Gasteiger partial charge in [-0.3, -0.25) is 4.79 Å². The molecule has 0 atom stereocenters. The molecule has 0 bridgehead atoms. The van der Waals surface area contributed by atoms with E-state index in [9.17, 15) is 9.18 Å². The van der Waals surface area contributed by atoms with Crippen molar-refractivity contribution in [3.63, 3.8) is 0 Å². The van der Waals surface area contributed by atoms with Gasteiger partial charge in [-0.15, -0.1) is 0 Å². The summed E-state index contributed by atoms with van der Waals surface area (Å²) in [4.78, 5) is 17.5. The van der Waals surface area contributed by atoms with Crippen molar-refractivity contribution in [1.82, 2.24) is 10.3 Å². The molecule has 0 aliphatic heterocycles. The molecular weight excluding hydrogens is 371 g/mol. The molecule has 0 spiro atoms. The number of ether oxygens (including phenoxy) is 2. The lowest BCUT2D eigenvalue weighted by atomic mass is 10.0. The highest BCUT2D eigenvalue weighted by Crippen LogP contribution is 2.34. The quantitative estimate of drug-likeness (QED) is 0.658. The van der Waals surface area contributed by atoms with Crippen LogP contribution in [0, 0.1) is 5.82 Å². The fraction of sp³-hybridized carbons (Fsp3) is 0.217. The normalized spacial score (nSPS) is 10.7. The molecule has 1 heterocycles. The minimum atomic E-state index is -0.318. The smallest absolute Gasteiger partial charge is 0.253 e. The average molecular weight is 394 g/mol. The van der Waals surface area contributed by atoms with Crippen molar-refractivity contribution in [2.75, 3.05) is 14.2 Å². The van der Waals surface area contributed by atoms with Crippen LogP contribution in [0.1, 0.15) is 24.2 Å². The summed E-state index contributed by atoms with van der Waals surface area (Å²) in [6.07, 6.45) is 0. The minimum Gasteiger partial charge on any atom is -0.493 e. The maximum absolute atomic E-state index is 13.3. The number of hydrogen-bond acceptors (Lipinski definition) is 4. The lowest BCUT2D eigenvalue weighted by Gasteiger charge is -2.15. The first-order valence-electron chi connectivity index (χ1n) is 9.23. The first-order valence-corrected chi connectivity index (χ1v) is 9.23. The lowest BCUT2D eigenvalue weighted by Crippen LogP contribution is -2.30. The molecule has 5 nitrogen and oxygen atoms in total. The molecule has 1 aromatic heterocycles. The molecule has 0 radical (unpaired) electrons. The maximum Gasteiger partial charge on any atom is 0.253 e. The van der Waals surface area contributed by atoms with Gasteiger partial charge in [-0.1, -0.05) is 0 Å². The zero-order chi connectivity index (χ0) is 21.0. The Labute approximate surface area is 169 Å². The van der Waals surface area contributed by atoms with Crippen LogP contribution in [0.15, 0.2) is 54.6 Å². The Kier molecular flexibility index (Phi) is 6.12. The van der Waals surface area contributed by atoms with Crippen molar-refractivity contribution in [1.29, 1.82) is 0 Å². The molecule has 0 fully saturated rings. The van der Waals surface area contributed by atoms with Gasteiger partial charge in [-0.05, 0) is 68.4 Å². The van der Waals surface area contributed by atoms with E-state index >= 15 is 0 Å². The van der Waals surface area contributed by atoms with E-state index in [2.05, 4.69) is 5.32 Å². The number of rotatable bonds is 6. The second-order valence-corrected chi connectivity index (χ2v) is 6.80. The highest BCUT2D eigenvalue weighted by atomic mass is 19.1. The van der Waals surface area contributed by atoms with Crippen LogP contribution in [0.4, 0.5) is 4.39 Å². The molecule has 1 amide bonds. The number of nitrogens with zero attached hydrogens (tertiary/aromatic N) is 1. The molecule has 150 valence electrons. The summed E-state index contributed by atoms with van der Waals surface area (Å²) in [5, 5.41) is 2.90. The number of pyridine rings is 1. The van der Waals surface area contributed by atoms with E-state index in [4.69, 9.17) is 14.5 Å². The largest absolute Gasteiger partial charge is 0.493 e. The number of carbonyl (C=O) groups is 1. The fourth-order valence-corrected chi connectivity index (χ4v) is 2.97. The van der Waals surface area contributed by atoms with Crippen LogP contribution in [0.5, 0.6) is 11.5 Å². The molecular formula is C23H23FN2O3. The van der Waals surface area contributed by atoms with Gasteiger partial charge in [0, 0.05) is 17.2 Å². The van der Waals surface area contributed by atoms with E-state index in [0.717, 1.165) is 5.56 Å². The summed E-state index contributed by atoms with van der Waals surface area (Å²) < 4.78 is 24.0. The van der Waals surface area contributed by atoms with E-state index in [1.807, 2.05) is 19.9 Å². The zero-order valence-electron chi connectivity index (χ0n) is 16.8. The van der Waals surface area contributed by atoms with E-state index < -0.39 is 0 Å². The highest BCUT2D eigenvalue weighted by molar-refractivity contribution is 6.00. The van der Waals surface area contributed by atoms with Gasteiger partial charge in [0.2, 0.25) is 0 Å². The third-order valence-electron chi connectivity index (χ3n) is 4.36. The molecule has 0 aliphatic rings. The molecule has 0 aliphatic carbocycles. The molecule has 0 saturated carbocycles. The Morgan fingerprint density at radius 1 is 0.931 bits per heavy atom. The van der Waals surface area contributed by atoms with E-state index in [-0.39, 0.29) is 17.8 Å². The number of nitrogens with one attached hydrogen (secondary N) is 1. The van der Waals surface area contributed by atoms with E-state index in [0.29, 0.717) is 34.0 Å². The summed E-state index contributed by atoms with van der Waals surface area (Å²) in [7, 11) is 3.11. The fourth-order valence-electron chi connectivity index (χ4n) is 2.97. The Balaban J connectivity index is 2.16. The minimum absolute atomic E-state index is 0.0162. The highest BCUT2D eigenvalue weighted by Gasteiger charge is 2.18. The van der Waals surface area contributed by atoms with Crippen LogP contribution in [-0.4, -0.2) is 31.2 Å². The van der Waals surface area contributed by atoms with Gasteiger partial charge in [-0.25, -0.2) is 9.37 Å². The van der Waals surface area contributed by atoms with Crippen LogP contribution in [0.2, 0.25) is 0 Å². The summed E-state index contributed by atoms with van der Waals surface area (Å²) in [6, 6.07) is 14.9. The Morgan fingerprint density at radius 2 is 1.59 bits per heavy atom. The topological polar surface area (TPSA) is 60.5 Å². The van der Waals surface area contributed by atoms with Crippen molar-refractivity contribution in [3.8, 4) is 34.0 Å². The van der Waals surface area contributed by atoms with Crippen molar-refractivity contribution in [2.45, 2.75) is 19.9 Å². The molecule has 0 saturated heterocycles. The first-order chi connectivity index (χ1) is 13.9. The number of hydrogen-bond donors (Lipinski definition) is 1. The van der Waals surface area contributed by atoms with Crippen molar-refractivity contribution < 1.29 is 18.7 Å². The molecule has 3 aromatic rings. The molecule has 3 rings (SSSR count). The predicted molar refractivity (Wildman–Crippen MR) is 111 cm³/mol. The van der Waals surface area contributed by atoms with E-state index in [1.54, 1.807) is 50.6 Å². The van der Waals surface area contributed by atoms with Crippen molar-refractivity contribution in [3.05, 3.63) is 66.0 Å². The Morgan fingerprint density at radius 3 is 2.21 bits per heavy atom. The monoisotopic (exact) mass is 394 g/mol. The van der Waals surface area contributed by atoms with E-state index in [1.165, 1.54) is 12.1 Å². The van der Waals surface area contributed by atoms with Crippen LogP contribution in [0.3, 0.4) is 0 Å². The number of halogens is 1. The van der Waals surface area contributed by atoms with Crippen LogP contribution < -0.4 is 14.8 Å². The second kappa shape index (κ2) is 8.73. The van der Waals surface area contributed by atoms with Gasteiger partial charge in [0.1, 0.15) is 5.82 Å². The summed E-state index contributed by atoms with van der Waals surface area (Å²) in [5.41, 5.74) is 3.04. The molecule has 6 heteroatoms. The van der Waals surface area contributed by atoms with Gasteiger partial charge < -0.3 is 14.8 Å². The third kappa shape index (κ3) is 4.54. The Bertz CT molecular complexity index is 1020. The van der Waals surface area contributed by atoms with Gasteiger partial charge >= 0.3 is 0 Å². The predicted octanol–water partition coefficient (Wildman–Crippen LogP) is 4.71. The molecule has 0 unspecified atom stereocenters. The average Bonchev–Trinajstić information content (AvgIpc) is 2.72. The third-order valence-corrected chi connectivity index (χ3v) is 4.36. The zero-order valence-corrected chi connectivity index (χ0v) is 16.8. The number of carbonyl (C=O) groups excluding carboxylic acids is 1. The number of methoxy groups -OCH3 is 2. The van der Waals surface area contributed by atoms with Gasteiger partial charge in [0.25, 0.3) is 5.91 Å². The first kappa shape index (κ1) is 20.3. The summed E-state index contributed by atoms with van der Waals surface area (Å²) >= 11 is 0. The Hall–Kier alpha value is -3.41. The number of amides is 1. The molecule has 29 heavy (non-hydrogen) atoms. The van der Waals surface area contributed by atoms with Gasteiger partial charge in [-0.2, -0.15) is 0 Å². The van der Waals surface area contributed by atoms with Crippen LogP contribution in [0.25, 0.3) is 22.5 Å². The number of benzene rings is 2. The van der Waals surface area contributed by atoms with Crippen LogP contribution >= 0.6 is 0 Å². The second-order valence-electron chi connectivity index (χ2n) is 6.80. The van der Waals surface area contributed by atoms with Crippen LogP contribution in [-0.2, 0) is 0 Å². The standard InChI is InChI=1S/C23H23FN2O3/c1-14(2)25-23(27)18-10-11-19(15-5-8-17(24)9-6-15)26-22(18)16-7-12-20(28-3)21(13-16)29-4/h5-14H,1-4H3,(H,25,27). The molecule has 2 aromatic carbocycles. The summed E-state index contributed by atoms with van der Waals surface area (Å²) in [6.45, 7) is 3.79. The summed E-state index contributed by atoms with van der Waals surface area (Å²) in [5.74, 6) is 0.582. The SMILES string of the molecule is COc1ccc(-c2nc(-c3ccc(F)cc3)ccc2C(=O)NC(C)C)cc1OC. The van der Waals surface area contributed by atoms with Gasteiger partial charge in [0.05, 0.1) is 31.2 Å². The van der Waals surface area contributed by atoms with Gasteiger partial charge in [0.15, 0.2) is 11.5 Å². The number of aromatic nitrogens is 1. The molecule has 1 N–H and O–H groups in total.